The summed E-state index contributed by atoms with van der Waals surface area (Å²) in [5, 5.41) is 3.14. The maximum Gasteiger partial charge on any atom is 0.168 e. The Morgan fingerprint density at radius 2 is 2.12 bits per heavy atom. The molecule has 90 valence electrons. The smallest absolute Gasteiger partial charge is 0.168 e. The summed E-state index contributed by atoms with van der Waals surface area (Å²) in [4.78, 5) is 4.17. The van der Waals surface area contributed by atoms with Crippen LogP contribution in [0.15, 0.2) is 18.3 Å². The minimum absolute atomic E-state index is 0.609. The van der Waals surface area contributed by atoms with Gasteiger partial charge in [0, 0.05) is 19.9 Å². The number of ether oxygens (including phenoxy) is 3. The molecule has 1 aromatic heterocycles. The molecule has 0 radical (unpaired) electrons. The molecule has 0 saturated carbocycles. The van der Waals surface area contributed by atoms with Gasteiger partial charge in [-0.2, -0.15) is 0 Å². The molecule has 0 aromatic carbocycles. The molecule has 0 aliphatic rings. The van der Waals surface area contributed by atoms with E-state index in [1.165, 1.54) is 0 Å². The first kappa shape index (κ1) is 12.7. The maximum atomic E-state index is 5.31. The standard InChI is InChI=1S/C11H18N2O3/c1-14-8-9-16-7-6-13-11-10(15-2)4-3-5-12-11/h3-5H,6-9H2,1-2H3,(H,12,13). The topological polar surface area (TPSA) is 52.6 Å². The molecule has 1 heterocycles. The quantitative estimate of drug-likeness (QED) is 0.674. The van der Waals surface area contributed by atoms with Crippen LogP contribution in [0.3, 0.4) is 0 Å². The predicted octanol–water partition coefficient (Wildman–Crippen LogP) is 1.17. The van der Waals surface area contributed by atoms with Gasteiger partial charge in [0.2, 0.25) is 0 Å². The van der Waals surface area contributed by atoms with Gasteiger partial charge in [-0.15, -0.1) is 0 Å². The summed E-state index contributed by atoms with van der Waals surface area (Å²) in [6.45, 7) is 2.53. The molecule has 5 heteroatoms. The van der Waals surface area contributed by atoms with Crippen molar-refractivity contribution in [3.8, 4) is 5.75 Å². The van der Waals surface area contributed by atoms with Gasteiger partial charge in [0.1, 0.15) is 0 Å². The molecule has 16 heavy (non-hydrogen) atoms. The molecule has 0 aliphatic carbocycles. The van der Waals surface area contributed by atoms with Crippen LogP contribution in [0.4, 0.5) is 5.82 Å². The van der Waals surface area contributed by atoms with Gasteiger partial charge in [0.15, 0.2) is 11.6 Å². The van der Waals surface area contributed by atoms with Crippen LogP contribution in [-0.4, -0.2) is 45.6 Å². The molecule has 0 fully saturated rings. The van der Waals surface area contributed by atoms with Crippen molar-refractivity contribution >= 4 is 5.82 Å². The van der Waals surface area contributed by atoms with Gasteiger partial charge in [-0.25, -0.2) is 4.98 Å². The molecule has 0 aliphatic heterocycles. The molecule has 0 spiro atoms. The van der Waals surface area contributed by atoms with Gasteiger partial charge in [-0.1, -0.05) is 0 Å². The van der Waals surface area contributed by atoms with Crippen LogP contribution < -0.4 is 10.1 Å². The third-order valence-electron chi connectivity index (χ3n) is 1.96. The predicted molar refractivity (Wildman–Crippen MR) is 62.0 cm³/mol. The molecule has 5 nitrogen and oxygen atoms in total. The van der Waals surface area contributed by atoms with Gasteiger partial charge in [0.05, 0.1) is 26.9 Å². The summed E-state index contributed by atoms with van der Waals surface area (Å²) < 4.78 is 15.3. The highest BCUT2D eigenvalue weighted by atomic mass is 16.5. The summed E-state index contributed by atoms with van der Waals surface area (Å²) in [7, 11) is 3.28. The van der Waals surface area contributed by atoms with Crippen molar-refractivity contribution in [3.05, 3.63) is 18.3 Å². The Bertz CT molecular complexity index is 294. The zero-order valence-corrected chi connectivity index (χ0v) is 9.73. The van der Waals surface area contributed by atoms with Crippen molar-refractivity contribution in [2.24, 2.45) is 0 Å². The largest absolute Gasteiger partial charge is 0.493 e. The van der Waals surface area contributed by atoms with E-state index >= 15 is 0 Å². The van der Waals surface area contributed by atoms with Crippen molar-refractivity contribution in [2.45, 2.75) is 0 Å². The van der Waals surface area contributed by atoms with Gasteiger partial charge < -0.3 is 19.5 Å². The van der Waals surface area contributed by atoms with Crippen LogP contribution in [-0.2, 0) is 9.47 Å². The Morgan fingerprint density at radius 1 is 1.25 bits per heavy atom. The molecular weight excluding hydrogens is 208 g/mol. The summed E-state index contributed by atoms with van der Waals surface area (Å²) in [5.41, 5.74) is 0. The number of nitrogens with one attached hydrogen (secondary N) is 1. The summed E-state index contributed by atoms with van der Waals surface area (Å²) in [6, 6.07) is 3.69. The summed E-state index contributed by atoms with van der Waals surface area (Å²) >= 11 is 0. The van der Waals surface area contributed by atoms with Gasteiger partial charge in [0.25, 0.3) is 0 Å². The Hall–Kier alpha value is -1.33. The molecule has 1 aromatic rings. The molecule has 0 atom stereocenters. The second-order valence-electron chi connectivity index (χ2n) is 3.09. The van der Waals surface area contributed by atoms with E-state index in [9.17, 15) is 0 Å². The van der Waals surface area contributed by atoms with Crippen LogP contribution >= 0.6 is 0 Å². The first-order valence-electron chi connectivity index (χ1n) is 5.18. The number of methoxy groups -OCH3 is 2. The van der Waals surface area contributed by atoms with Gasteiger partial charge in [-0.05, 0) is 12.1 Å². The fourth-order valence-electron chi connectivity index (χ4n) is 1.17. The first-order valence-corrected chi connectivity index (χ1v) is 5.18. The second-order valence-corrected chi connectivity index (χ2v) is 3.09. The van der Waals surface area contributed by atoms with Gasteiger partial charge in [-0.3, -0.25) is 0 Å². The molecule has 0 amide bonds. The highest BCUT2D eigenvalue weighted by molar-refractivity contribution is 5.49. The van der Waals surface area contributed by atoms with E-state index in [0.29, 0.717) is 26.4 Å². The average molecular weight is 226 g/mol. The van der Waals surface area contributed by atoms with E-state index in [1.807, 2.05) is 12.1 Å². The molecule has 0 bridgehead atoms. The van der Waals surface area contributed by atoms with Crippen LogP contribution in [0.2, 0.25) is 0 Å². The molecule has 1 rings (SSSR count). The van der Waals surface area contributed by atoms with Crippen LogP contribution in [0.1, 0.15) is 0 Å². The van der Waals surface area contributed by atoms with Crippen molar-refractivity contribution in [1.82, 2.24) is 4.98 Å². The summed E-state index contributed by atoms with van der Waals surface area (Å²) in [5.74, 6) is 1.47. The lowest BCUT2D eigenvalue weighted by atomic mass is 10.4. The number of anilines is 1. The molecule has 1 N–H and O–H groups in total. The normalized spacial score (nSPS) is 10.1. The van der Waals surface area contributed by atoms with E-state index < -0.39 is 0 Å². The number of pyridine rings is 1. The Labute approximate surface area is 95.7 Å². The first-order chi connectivity index (χ1) is 7.88. The zero-order chi connectivity index (χ0) is 11.6. The monoisotopic (exact) mass is 226 g/mol. The number of hydrogen-bond acceptors (Lipinski definition) is 5. The van der Waals surface area contributed by atoms with Crippen LogP contribution in [0.5, 0.6) is 5.75 Å². The van der Waals surface area contributed by atoms with E-state index in [-0.39, 0.29) is 0 Å². The lowest BCUT2D eigenvalue weighted by molar-refractivity contribution is 0.0759. The lowest BCUT2D eigenvalue weighted by Crippen LogP contribution is -2.13. The van der Waals surface area contributed by atoms with E-state index in [0.717, 1.165) is 11.6 Å². The van der Waals surface area contributed by atoms with Crippen LogP contribution in [0, 0.1) is 0 Å². The van der Waals surface area contributed by atoms with E-state index in [4.69, 9.17) is 14.2 Å². The molecule has 0 saturated heterocycles. The summed E-state index contributed by atoms with van der Waals surface area (Å²) in [6.07, 6.45) is 1.72. The Balaban J connectivity index is 2.21. The third-order valence-corrected chi connectivity index (χ3v) is 1.96. The Kier molecular flexibility index (Phi) is 6.29. The lowest BCUT2D eigenvalue weighted by Gasteiger charge is -2.09. The third kappa shape index (κ3) is 4.46. The van der Waals surface area contributed by atoms with Crippen molar-refractivity contribution in [1.29, 1.82) is 0 Å². The van der Waals surface area contributed by atoms with Crippen molar-refractivity contribution < 1.29 is 14.2 Å². The fourth-order valence-corrected chi connectivity index (χ4v) is 1.17. The van der Waals surface area contributed by atoms with Crippen molar-refractivity contribution in [2.75, 3.05) is 45.9 Å². The Morgan fingerprint density at radius 3 is 2.88 bits per heavy atom. The SMILES string of the molecule is COCCOCCNc1ncccc1OC. The van der Waals surface area contributed by atoms with E-state index in [1.54, 1.807) is 20.4 Å². The minimum atomic E-state index is 0.609. The highest BCUT2D eigenvalue weighted by Gasteiger charge is 2.01. The second kappa shape index (κ2) is 7.90. The minimum Gasteiger partial charge on any atom is -0.493 e. The van der Waals surface area contributed by atoms with E-state index in [2.05, 4.69) is 10.3 Å². The van der Waals surface area contributed by atoms with Crippen LogP contribution in [0.25, 0.3) is 0 Å². The molecule has 0 unspecified atom stereocenters. The number of rotatable bonds is 8. The number of hydrogen-bond donors (Lipinski definition) is 1. The number of nitrogens with zero attached hydrogens (tertiary/aromatic N) is 1. The average Bonchev–Trinajstić information content (AvgIpc) is 2.34. The van der Waals surface area contributed by atoms with Gasteiger partial charge >= 0.3 is 0 Å². The van der Waals surface area contributed by atoms with Crippen molar-refractivity contribution in [3.63, 3.8) is 0 Å². The maximum absolute atomic E-state index is 5.31. The highest BCUT2D eigenvalue weighted by Crippen LogP contribution is 2.19. The number of aromatic nitrogens is 1. The zero-order valence-electron chi connectivity index (χ0n) is 9.73. The molecular formula is C11H18N2O3. The fraction of sp³-hybridized carbons (Fsp3) is 0.545.